The number of carbonyl (C=O) groups is 2. The quantitative estimate of drug-likeness (QED) is 0.853. The minimum absolute atomic E-state index is 0.115. The molecule has 2 rings (SSSR count). The first-order valence-corrected chi connectivity index (χ1v) is 7.89. The van der Waals surface area contributed by atoms with Gasteiger partial charge in [-0.3, -0.25) is 14.5 Å². The number of piperidine rings is 2. The molecule has 2 aliphatic heterocycles. The van der Waals surface area contributed by atoms with Gasteiger partial charge in [0.25, 0.3) is 0 Å². The van der Waals surface area contributed by atoms with E-state index in [1.807, 2.05) is 9.80 Å². The van der Waals surface area contributed by atoms with E-state index in [4.69, 9.17) is 0 Å². The highest BCUT2D eigenvalue weighted by atomic mass is 16.4. The average molecular weight is 282 g/mol. The van der Waals surface area contributed by atoms with Crippen LogP contribution < -0.4 is 0 Å². The summed E-state index contributed by atoms with van der Waals surface area (Å²) in [6.07, 6.45) is 6.96. The lowest BCUT2D eigenvalue weighted by molar-refractivity contribution is -0.147. The summed E-state index contributed by atoms with van der Waals surface area (Å²) in [5.74, 6) is -0.673. The Morgan fingerprint density at radius 3 is 2.50 bits per heavy atom. The summed E-state index contributed by atoms with van der Waals surface area (Å²) in [7, 11) is 0. The van der Waals surface area contributed by atoms with E-state index in [-0.39, 0.29) is 12.5 Å². The highest BCUT2D eigenvalue weighted by Gasteiger charge is 2.32. The summed E-state index contributed by atoms with van der Waals surface area (Å²) in [6, 6.07) is -0.123. The molecule has 0 spiro atoms. The van der Waals surface area contributed by atoms with E-state index in [2.05, 4.69) is 6.92 Å². The van der Waals surface area contributed by atoms with E-state index in [0.717, 1.165) is 45.2 Å². The van der Waals surface area contributed by atoms with Crippen LogP contribution in [0.5, 0.6) is 0 Å². The van der Waals surface area contributed by atoms with Crippen molar-refractivity contribution in [3.8, 4) is 0 Å². The molecule has 2 fully saturated rings. The minimum atomic E-state index is -0.789. The van der Waals surface area contributed by atoms with Crippen molar-refractivity contribution < 1.29 is 14.7 Å². The maximum atomic E-state index is 12.5. The number of aliphatic carboxylic acids is 1. The number of likely N-dealkylation sites (tertiary alicyclic amines) is 2. The number of carbonyl (C=O) groups excluding carboxylic acids is 1. The van der Waals surface area contributed by atoms with Crippen LogP contribution in [-0.2, 0) is 9.59 Å². The first-order chi connectivity index (χ1) is 9.63. The monoisotopic (exact) mass is 282 g/mol. The van der Waals surface area contributed by atoms with E-state index >= 15 is 0 Å². The zero-order valence-corrected chi connectivity index (χ0v) is 12.4. The fourth-order valence-electron chi connectivity index (χ4n) is 3.48. The molecule has 2 atom stereocenters. The molecule has 20 heavy (non-hydrogen) atoms. The van der Waals surface area contributed by atoms with Gasteiger partial charge in [-0.25, -0.2) is 0 Å². The molecule has 1 N–H and O–H groups in total. The molecule has 0 aromatic heterocycles. The Morgan fingerprint density at radius 2 is 1.80 bits per heavy atom. The maximum absolute atomic E-state index is 12.5. The second kappa shape index (κ2) is 7.07. The van der Waals surface area contributed by atoms with E-state index in [1.54, 1.807) is 0 Å². The maximum Gasteiger partial charge on any atom is 0.320 e. The first kappa shape index (κ1) is 15.3. The Bertz CT molecular complexity index is 359. The van der Waals surface area contributed by atoms with Crippen LogP contribution in [0.4, 0.5) is 0 Å². The lowest BCUT2D eigenvalue weighted by Gasteiger charge is -2.38. The van der Waals surface area contributed by atoms with Crippen molar-refractivity contribution >= 4 is 11.9 Å². The van der Waals surface area contributed by atoms with Gasteiger partial charge in [0.05, 0.1) is 6.54 Å². The molecule has 0 saturated carbocycles. The number of hydrogen-bond donors (Lipinski definition) is 1. The Kier molecular flexibility index (Phi) is 5.40. The molecular formula is C15H26N2O3. The van der Waals surface area contributed by atoms with Gasteiger partial charge in [0.2, 0.25) is 5.91 Å². The molecule has 2 heterocycles. The average Bonchev–Trinajstić information content (AvgIpc) is 2.47. The number of nitrogens with zero attached hydrogens (tertiary/aromatic N) is 2. The third-order valence-electron chi connectivity index (χ3n) is 4.66. The Morgan fingerprint density at radius 1 is 1.10 bits per heavy atom. The van der Waals surface area contributed by atoms with Crippen molar-refractivity contribution in [2.45, 2.75) is 64.0 Å². The molecule has 5 heteroatoms. The van der Waals surface area contributed by atoms with Crippen molar-refractivity contribution in [3.63, 3.8) is 0 Å². The number of carboxylic acid groups (broad SMARTS) is 1. The topological polar surface area (TPSA) is 60.9 Å². The van der Waals surface area contributed by atoms with Crippen molar-refractivity contribution in [1.29, 1.82) is 0 Å². The summed E-state index contributed by atoms with van der Waals surface area (Å²) in [4.78, 5) is 27.6. The lowest BCUT2D eigenvalue weighted by atomic mass is 9.99. The molecule has 5 nitrogen and oxygen atoms in total. The van der Waals surface area contributed by atoms with Gasteiger partial charge in [0, 0.05) is 12.6 Å². The highest BCUT2D eigenvalue weighted by molar-refractivity contribution is 5.80. The summed E-state index contributed by atoms with van der Waals surface area (Å²) < 4.78 is 0. The fourth-order valence-corrected chi connectivity index (χ4v) is 3.48. The SMILES string of the molecule is CCC1CCCCN1C(=O)CN1CCCCC1C(=O)O. The molecule has 114 valence electrons. The van der Waals surface area contributed by atoms with Gasteiger partial charge in [0.15, 0.2) is 0 Å². The molecule has 2 saturated heterocycles. The van der Waals surface area contributed by atoms with Crippen LogP contribution in [0.25, 0.3) is 0 Å². The van der Waals surface area contributed by atoms with Crippen LogP contribution in [0.2, 0.25) is 0 Å². The molecule has 2 unspecified atom stereocenters. The second-order valence-corrected chi connectivity index (χ2v) is 5.97. The van der Waals surface area contributed by atoms with Crippen molar-refractivity contribution in [2.24, 2.45) is 0 Å². The van der Waals surface area contributed by atoms with Gasteiger partial charge in [-0.2, -0.15) is 0 Å². The third-order valence-corrected chi connectivity index (χ3v) is 4.66. The normalized spacial score (nSPS) is 28.4. The molecule has 1 amide bonds. The van der Waals surface area contributed by atoms with Crippen LogP contribution in [-0.4, -0.2) is 58.5 Å². The van der Waals surface area contributed by atoms with Crippen LogP contribution in [0.15, 0.2) is 0 Å². The first-order valence-electron chi connectivity index (χ1n) is 7.89. The van der Waals surface area contributed by atoms with Gasteiger partial charge in [0.1, 0.15) is 6.04 Å². The molecule has 0 aromatic carbocycles. The van der Waals surface area contributed by atoms with Gasteiger partial charge in [-0.05, 0) is 45.1 Å². The van der Waals surface area contributed by atoms with E-state index in [9.17, 15) is 14.7 Å². The minimum Gasteiger partial charge on any atom is -0.480 e. The van der Waals surface area contributed by atoms with E-state index < -0.39 is 12.0 Å². The molecule has 0 bridgehead atoms. The number of carboxylic acids is 1. The number of rotatable bonds is 4. The molecule has 0 aliphatic carbocycles. The third kappa shape index (κ3) is 3.51. The van der Waals surface area contributed by atoms with Crippen molar-refractivity contribution in [3.05, 3.63) is 0 Å². The zero-order valence-electron chi connectivity index (χ0n) is 12.4. The van der Waals surface area contributed by atoms with Gasteiger partial charge in [-0.15, -0.1) is 0 Å². The Balaban J connectivity index is 1.96. The molecule has 2 aliphatic rings. The van der Waals surface area contributed by atoms with Crippen molar-refractivity contribution in [2.75, 3.05) is 19.6 Å². The lowest BCUT2D eigenvalue weighted by Crippen LogP contribution is -2.52. The Hall–Kier alpha value is -1.10. The largest absolute Gasteiger partial charge is 0.480 e. The number of amides is 1. The number of hydrogen-bond acceptors (Lipinski definition) is 3. The Labute approximate surface area is 120 Å². The highest BCUT2D eigenvalue weighted by Crippen LogP contribution is 2.21. The molecule has 0 aromatic rings. The van der Waals surface area contributed by atoms with Crippen LogP contribution in [0.3, 0.4) is 0 Å². The van der Waals surface area contributed by atoms with E-state index in [0.29, 0.717) is 12.5 Å². The summed E-state index contributed by atoms with van der Waals surface area (Å²) in [6.45, 7) is 3.96. The van der Waals surface area contributed by atoms with Gasteiger partial charge < -0.3 is 10.0 Å². The standard InChI is InChI=1S/C15H26N2O3/c1-2-12-7-3-6-10-17(12)14(18)11-16-9-5-4-8-13(16)15(19)20/h12-13H,2-11H2,1H3,(H,19,20). The van der Waals surface area contributed by atoms with Crippen molar-refractivity contribution in [1.82, 2.24) is 9.80 Å². The smallest absolute Gasteiger partial charge is 0.320 e. The second-order valence-electron chi connectivity index (χ2n) is 5.97. The summed E-state index contributed by atoms with van der Waals surface area (Å²) >= 11 is 0. The van der Waals surface area contributed by atoms with Gasteiger partial charge in [-0.1, -0.05) is 13.3 Å². The van der Waals surface area contributed by atoms with E-state index in [1.165, 1.54) is 6.42 Å². The molecule has 0 radical (unpaired) electrons. The van der Waals surface area contributed by atoms with Crippen LogP contribution in [0.1, 0.15) is 51.9 Å². The van der Waals surface area contributed by atoms with Crippen LogP contribution in [0, 0.1) is 0 Å². The molecular weight excluding hydrogens is 256 g/mol. The fraction of sp³-hybridized carbons (Fsp3) is 0.867. The predicted molar refractivity (Wildman–Crippen MR) is 76.5 cm³/mol. The summed E-state index contributed by atoms with van der Waals surface area (Å²) in [5, 5.41) is 9.26. The van der Waals surface area contributed by atoms with Crippen LogP contribution >= 0.6 is 0 Å². The van der Waals surface area contributed by atoms with Gasteiger partial charge >= 0.3 is 5.97 Å². The predicted octanol–water partition coefficient (Wildman–Crippen LogP) is 1.72. The summed E-state index contributed by atoms with van der Waals surface area (Å²) in [5.41, 5.74) is 0. The zero-order chi connectivity index (χ0) is 14.5.